The maximum absolute atomic E-state index is 13.5. The van der Waals surface area contributed by atoms with Gasteiger partial charge in [0.2, 0.25) is 5.91 Å². The Balaban J connectivity index is 1.49. The van der Waals surface area contributed by atoms with Crippen molar-refractivity contribution in [1.82, 2.24) is 10.2 Å². The van der Waals surface area contributed by atoms with Gasteiger partial charge < -0.3 is 10.2 Å². The van der Waals surface area contributed by atoms with E-state index in [1.165, 1.54) is 25.0 Å². The second-order valence-corrected chi connectivity index (χ2v) is 7.17. The van der Waals surface area contributed by atoms with E-state index in [-0.39, 0.29) is 17.7 Å². The van der Waals surface area contributed by atoms with Crippen molar-refractivity contribution in [2.24, 2.45) is 0 Å². The van der Waals surface area contributed by atoms with E-state index in [0.29, 0.717) is 17.0 Å². The monoisotopic (exact) mass is 326 g/mol. The Labute approximate surface area is 133 Å². The molecule has 2 aliphatic heterocycles. The van der Waals surface area contributed by atoms with Gasteiger partial charge in [-0.2, -0.15) is 0 Å². The van der Waals surface area contributed by atoms with Crippen LogP contribution in [0.5, 0.6) is 0 Å². The van der Waals surface area contributed by atoms with Gasteiger partial charge in [-0.1, -0.05) is 0 Å². The highest BCUT2D eigenvalue weighted by Crippen LogP contribution is 2.34. The lowest BCUT2D eigenvalue weighted by molar-refractivity contribution is -0.119. The predicted octanol–water partition coefficient (Wildman–Crippen LogP) is 2.80. The Bertz CT molecular complexity index is 555. The summed E-state index contributed by atoms with van der Waals surface area (Å²) in [4.78, 5) is 14.8. The van der Waals surface area contributed by atoms with Gasteiger partial charge in [-0.05, 0) is 44.9 Å². The molecule has 3 rings (SSSR count). The predicted molar refractivity (Wildman–Crippen MR) is 82.8 cm³/mol. The fourth-order valence-corrected chi connectivity index (χ4v) is 4.27. The first-order valence-electron chi connectivity index (χ1n) is 7.62. The van der Waals surface area contributed by atoms with Crippen molar-refractivity contribution in [2.75, 3.05) is 12.8 Å². The zero-order valence-corrected chi connectivity index (χ0v) is 13.3. The number of hydrogen-bond donors (Lipinski definition) is 1. The number of rotatable bonds is 4. The van der Waals surface area contributed by atoms with Crippen LogP contribution in [0.2, 0.25) is 0 Å². The number of nitrogens with zero attached hydrogens (tertiary/aromatic N) is 1. The SMILES string of the molecule is CN1C2CCC1CC(NC(=O)CSc1ccc(F)cc1F)C2. The van der Waals surface area contributed by atoms with Gasteiger partial charge in [0.05, 0.1) is 5.75 Å². The van der Waals surface area contributed by atoms with Gasteiger partial charge in [-0.25, -0.2) is 8.78 Å². The number of benzene rings is 1. The number of halogens is 2. The lowest BCUT2D eigenvalue weighted by Gasteiger charge is -2.36. The van der Waals surface area contributed by atoms with E-state index in [1.54, 1.807) is 0 Å². The Morgan fingerprint density at radius 3 is 2.64 bits per heavy atom. The molecule has 0 aromatic heterocycles. The van der Waals surface area contributed by atoms with Gasteiger partial charge in [0.15, 0.2) is 0 Å². The van der Waals surface area contributed by atoms with E-state index in [4.69, 9.17) is 0 Å². The van der Waals surface area contributed by atoms with E-state index < -0.39 is 11.6 Å². The van der Waals surface area contributed by atoms with Crippen LogP contribution in [0.4, 0.5) is 8.78 Å². The first-order chi connectivity index (χ1) is 10.5. The molecule has 1 amide bonds. The Morgan fingerprint density at radius 2 is 2.00 bits per heavy atom. The topological polar surface area (TPSA) is 32.3 Å². The summed E-state index contributed by atoms with van der Waals surface area (Å²) in [5.74, 6) is -1.14. The van der Waals surface area contributed by atoms with Gasteiger partial charge in [-0.3, -0.25) is 4.79 Å². The molecule has 2 saturated heterocycles. The highest BCUT2D eigenvalue weighted by atomic mass is 32.2. The molecule has 2 heterocycles. The third-order valence-corrected chi connectivity index (χ3v) is 5.76. The fourth-order valence-electron chi connectivity index (χ4n) is 3.53. The summed E-state index contributed by atoms with van der Waals surface area (Å²) in [6, 6.07) is 4.79. The summed E-state index contributed by atoms with van der Waals surface area (Å²) >= 11 is 1.11. The van der Waals surface area contributed by atoms with E-state index >= 15 is 0 Å². The van der Waals surface area contributed by atoms with Crippen molar-refractivity contribution in [3.8, 4) is 0 Å². The van der Waals surface area contributed by atoms with Crippen LogP contribution in [0.3, 0.4) is 0 Å². The van der Waals surface area contributed by atoms with Crippen molar-refractivity contribution in [1.29, 1.82) is 0 Å². The van der Waals surface area contributed by atoms with E-state index in [1.807, 2.05) is 0 Å². The highest BCUT2D eigenvalue weighted by Gasteiger charge is 2.38. The van der Waals surface area contributed by atoms with E-state index in [2.05, 4.69) is 17.3 Å². The average molecular weight is 326 g/mol. The summed E-state index contributed by atoms with van der Waals surface area (Å²) in [5.41, 5.74) is 0. The molecule has 2 fully saturated rings. The third kappa shape index (κ3) is 3.43. The third-order valence-electron chi connectivity index (χ3n) is 4.72. The second-order valence-electron chi connectivity index (χ2n) is 6.15. The standard InChI is InChI=1S/C16H20F2N2OS/c1-20-12-3-4-13(20)8-11(7-12)19-16(21)9-22-15-5-2-10(17)6-14(15)18/h2,5-6,11-13H,3-4,7-9H2,1H3,(H,19,21). The molecular formula is C16H20F2N2OS. The van der Waals surface area contributed by atoms with Crippen LogP contribution in [0, 0.1) is 11.6 Å². The molecule has 0 saturated carbocycles. The smallest absolute Gasteiger partial charge is 0.230 e. The van der Waals surface area contributed by atoms with Crippen molar-refractivity contribution < 1.29 is 13.6 Å². The largest absolute Gasteiger partial charge is 0.353 e. The summed E-state index contributed by atoms with van der Waals surface area (Å²) in [6.07, 6.45) is 4.41. The number of fused-ring (bicyclic) bond motifs is 2. The number of carbonyl (C=O) groups is 1. The van der Waals surface area contributed by atoms with Gasteiger partial charge in [0.1, 0.15) is 11.6 Å². The van der Waals surface area contributed by atoms with E-state index in [9.17, 15) is 13.6 Å². The molecule has 2 atom stereocenters. The van der Waals surface area contributed by atoms with Crippen molar-refractivity contribution >= 4 is 17.7 Å². The lowest BCUT2D eigenvalue weighted by atomic mass is 9.98. The van der Waals surface area contributed by atoms with Gasteiger partial charge in [0, 0.05) is 29.1 Å². The molecule has 1 aromatic carbocycles. The molecule has 0 aliphatic carbocycles. The van der Waals surface area contributed by atoms with Gasteiger partial charge in [0.25, 0.3) is 0 Å². The zero-order chi connectivity index (χ0) is 15.7. The minimum absolute atomic E-state index is 0.0809. The number of thioether (sulfide) groups is 1. The molecule has 22 heavy (non-hydrogen) atoms. The average Bonchev–Trinajstić information content (AvgIpc) is 2.69. The molecular weight excluding hydrogens is 306 g/mol. The van der Waals surface area contributed by atoms with Crippen LogP contribution in [0.25, 0.3) is 0 Å². The highest BCUT2D eigenvalue weighted by molar-refractivity contribution is 8.00. The molecule has 2 bridgehead atoms. The number of nitrogens with one attached hydrogen (secondary N) is 1. The van der Waals surface area contributed by atoms with Crippen molar-refractivity contribution in [2.45, 2.75) is 48.7 Å². The van der Waals surface area contributed by atoms with Crippen LogP contribution >= 0.6 is 11.8 Å². The molecule has 120 valence electrons. The molecule has 6 heteroatoms. The van der Waals surface area contributed by atoms with Crippen LogP contribution in [0.1, 0.15) is 25.7 Å². The summed E-state index contributed by atoms with van der Waals surface area (Å²) in [6.45, 7) is 0. The molecule has 2 aliphatic rings. The van der Waals surface area contributed by atoms with Gasteiger partial charge in [-0.15, -0.1) is 11.8 Å². The number of hydrogen-bond acceptors (Lipinski definition) is 3. The van der Waals surface area contributed by atoms with Crippen LogP contribution in [-0.2, 0) is 4.79 Å². The molecule has 0 spiro atoms. The van der Waals surface area contributed by atoms with Crippen LogP contribution in [-0.4, -0.2) is 41.7 Å². The summed E-state index contributed by atoms with van der Waals surface area (Å²) < 4.78 is 26.3. The zero-order valence-electron chi connectivity index (χ0n) is 12.5. The quantitative estimate of drug-likeness (QED) is 0.864. The molecule has 1 aromatic rings. The molecule has 1 N–H and O–H groups in total. The Hall–Kier alpha value is -1.14. The summed E-state index contributed by atoms with van der Waals surface area (Å²) in [5, 5.41) is 3.06. The van der Waals surface area contributed by atoms with Crippen molar-refractivity contribution in [3.63, 3.8) is 0 Å². The molecule has 2 unspecified atom stereocenters. The second kappa shape index (κ2) is 6.54. The van der Waals surface area contributed by atoms with Gasteiger partial charge >= 0.3 is 0 Å². The minimum atomic E-state index is -0.616. The molecule has 3 nitrogen and oxygen atoms in total. The maximum Gasteiger partial charge on any atom is 0.230 e. The fraction of sp³-hybridized carbons (Fsp3) is 0.562. The van der Waals surface area contributed by atoms with Crippen molar-refractivity contribution in [3.05, 3.63) is 29.8 Å². The van der Waals surface area contributed by atoms with Crippen LogP contribution in [0.15, 0.2) is 23.1 Å². The minimum Gasteiger partial charge on any atom is -0.353 e. The first kappa shape index (κ1) is 15.7. The Morgan fingerprint density at radius 1 is 1.32 bits per heavy atom. The lowest BCUT2D eigenvalue weighted by Crippen LogP contribution is -2.49. The van der Waals surface area contributed by atoms with Crippen LogP contribution < -0.4 is 5.32 Å². The summed E-state index contributed by atoms with van der Waals surface area (Å²) in [7, 11) is 2.16. The number of piperidine rings is 1. The molecule has 0 radical (unpaired) electrons. The Kier molecular flexibility index (Phi) is 4.68. The number of carbonyl (C=O) groups excluding carboxylic acids is 1. The first-order valence-corrected chi connectivity index (χ1v) is 8.60. The normalized spacial score (nSPS) is 27.9. The maximum atomic E-state index is 13.5. The number of amides is 1. The van der Waals surface area contributed by atoms with E-state index in [0.717, 1.165) is 30.7 Å².